The quantitative estimate of drug-likeness (QED) is 0.435. The number of nitrogens with zero attached hydrogens (tertiary/aromatic N) is 1. The summed E-state index contributed by atoms with van der Waals surface area (Å²) in [6.45, 7) is 4.41. The molecule has 0 saturated heterocycles. The van der Waals surface area contributed by atoms with Crippen LogP contribution in [0.3, 0.4) is 0 Å². The molecule has 3 rings (SSSR count). The number of aromatic nitrogens is 1. The lowest BCUT2D eigenvalue weighted by atomic mass is 10.0. The highest BCUT2D eigenvalue weighted by Gasteiger charge is 2.18. The Hall–Kier alpha value is -1.42. The van der Waals surface area contributed by atoms with Crippen molar-refractivity contribution in [1.29, 1.82) is 0 Å². The second kappa shape index (κ2) is 6.60. The second-order valence-electron chi connectivity index (χ2n) is 5.89. The Balaban J connectivity index is 2.05. The number of halogens is 1. The van der Waals surface area contributed by atoms with Crippen molar-refractivity contribution in [3.05, 3.63) is 59.1 Å². The van der Waals surface area contributed by atoms with Gasteiger partial charge in [0.2, 0.25) is 5.69 Å². The van der Waals surface area contributed by atoms with Crippen LogP contribution in [0, 0.1) is 0 Å². The fourth-order valence-corrected chi connectivity index (χ4v) is 4.25. The summed E-state index contributed by atoms with van der Waals surface area (Å²) < 4.78 is 3.09. The fourth-order valence-electron chi connectivity index (χ4n) is 2.63. The molecular weight excluding hydrogens is 342 g/mol. The minimum atomic E-state index is 0.535. The lowest BCUT2D eigenvalue weighted by Crippen LogP contribution is -2.30. The maximum absolute atomic E-state index is 5.99. The zero-order valence-electron chi connectivity index (χ0n) is 13.3. The molecule has 1 heterocycles. The summed E-state index contributed by atoms with van der Waals surface area (Å²) in [5.41, 5.74) is 4.75. The Morgan fingerprint density at radius 2 is 1.52 bits per heavy atom. The van der Waals surface area contributed by atoms with E-state index in [2.05, 4.69) is 49.7 Å². The van der Waals surface area contributed by atoms with Crippen LogP contribution in [0.1, 0.15) is 25.3 Å². The summed E-state index contributed by atoms with van der Waals surface area (Å²) >= 11 is 13.3. The normalized spacial score (nSPS) is 11.2. The van der Waals surface area contributed by atoms with Crippen LogP contribution in [-0.4, -0.2) is 0 Å². The Morgan fingerprint density at radius 1 is 0.957 bits per heavy atom. The first-order valence-electron chi connectivity index (χ1n) is 7.53. The largest absolute Gasteiger partial charge is 0.421 e. The molecule has 0 bridgehead atoms. The van der Waals surface area contributed by atoms with Gasteiger partial charge in [-0.2, -0.15) is 0 Å². The van der Waals surface area contributed by atoms with Gasteiger partial charge in [-0.25, -0.2) is 4.57 Å². The number of rotatable bonds is 3. The molecule has 1 nitrogen and oxygen atoms in total. The topological polar surface area (TPSA) is 3.88 Å². The Bertz CT molecular complexity index is 818. The molecule has 1 aromatic heterocycles. The first kappa shape index (κ1) is 16.4. The van der Waals surface area contributed by atoms with Gasteiger partial charge in [0.25, 0.3) is 0 Å². The predicted octanol–water partition coefficient (Wildman–Crippen LogP) is 5.59. The number of hydrogen-bond acceptors (Lipinski definition) is 2. The molecule has 0 saturated carbocycles. The van der Waals surface area contributed by atoms with Crippen molar-refractivity contribution >= 4 is 35.6 Å². The highest BCUT2D eigenvalue weighted by molar-refractivity contribution is 7.63. The predicted molar refractivity (Wildman–Crippen MR) is 101 cm³/mol. The number of hydrogen-bond donors (Lipinski definition) is 0. The summed E-state index contributed by atoms with van der Waals surface area (Å²) in [5.74, 6) is 0.535. The van der Waals surface area contributed by atoms with Crippen LogP contribution in [0.5, 0.6) is 0 Å². The van der Waals surface area contributed by atoms with Crippen LogP contribution in [0.2, 0.25) is 5.02 Å². The highest BCUT2D eigenvalue weighted by Crippen LogP contribution is 2.32. The minimum absolute atomic E-state index is 0.535. The van der Waals surface area contributed by atoms with E-state index < -0.39 is 0 Å². The molecule has 118 valence electrons. The molecule has 0 N–H and O–H groups in total. The first-order valence-corrected chi connectivity index (χ1v) is 9.13. The molecule has 0 aliphatic rings. The lowest BCUT2D eigenvalue weighted by molar-refractivity contribution is -0.646. The van der Waals surface area contributed by atoms with E-state index in [1.54, 1.807) is 11.3 Å². The SMILES string of the molecule is CC(C)c1ccc(-c2c([S-])sc(-c3ccc(Cl)cc3)[n+]2C)cc1. The molecular formula is C19H18ClNS2. The molecule has 0 radical (unpaired) electrons. The van der Waals surface area contributed by atoms with Gasteiger partial charge in [0, 0.05) is 16.1 Å². The third kappa shape index (κ3) is 3.27. The summed E-state index contributed by atoms with van der Waals surface area (Å²) in [6, 6.07) is 16.6. The molecule has 23 heavy (non-hydrogen) atoms. The van der Waals surface area contributed by atoms with Gasteiger partial charge in [-0.1, -0.05) is 37.6 Å². The number of benzene rings is 2. The molecule has 2 aromatic carbocycles. The Morgan fingerprint density at radius 3 is 2.09 bits per heavy atom. The molecule has 3 aromatic rings. The van der Waals surface area contributed by atoms with Crippen molar-refractivity contribution in [3.63, 3.8) is 0 Å². The average Bonchev–Trinajstić information content (AvgIpc) is 2.83. The lowest BCUT2D eigenvalue weighted by Gasteiger charge is -2.06. The van der Waals surface area contributed by atoms with Crippen LogP contribution >= 0.6 is 22.9 Å². The molecule has 4 heteroatoms. The Kier molecular flexibility index (Phi) is 4.72. The van der Waals surface area contributed by atoms with E-state index in [9.17, 15) is 0 Å². The molecule has 0 spiro atoms. The van der Waals surface area contributed by atoms with E-state index in [0.29, 0.717) is 5.92 Å². The molecule has 0 aliphatic heterocycles. The van der Waals surface area contributed by atoms with Crippen LogP contribution in [0.4, 0.5) is 0 Å². The smallest absolute Gasteiger partial charge is 0.200 e. The van der Waals surface area contributed by atoms with E-state index in [1.807, 2.05) is 24.3 Å². The third-order valence-corrected chi connectivity index (χ3v) is 5.74. The molecule has 0 unspecified atom stereocenters. The molecule has 0 aliphatic carbocycles. The van der Waals surface area contributed by atoms with E-state index in [-0.39, 0.29) is 0 Å². The summed E-state index contributed by atoms with van der Waals surface area (Å²) in [4.78, 5) is 0. The zero-order chi connectivity index (χ0) is 16.6. The summed E-state index contributed by atoms with van der Waals surface area (Å²) in [7, 11) is 2.07. The van der Waals surface area contributed by atoms with Crippen LogP contribution in [0.25, 0.3) is 21.8 Å². The van der Waals surface area contributed by atoms with Crippen molar-refractivity contribution < 1.29 is 4.57 Å². The van der Waals surface area contributed by atoms with Crippen molar-refractivity contribution in [2.45, 2.75) is 24.0 Å². The maximum atomic E-state index is 5.99. The van der Waals surface area contributed by atoms with Gasteiger partial charge in [-0.05, 0) is 52.1 Å². The fraction of sp³-hybridized carbons (Fsp3) is 0.211. The monoisotopic (exact) mass is 359 g/mol. The van der Waals surface area contributed by atoms with Crippen molar-refractivity contribution in [3.8, 4) is 21.8 Å². The van der Waals surface area contributed by atoms with E-state index in [0.717, 1.165) is 25.5 Å². The van der Waals surface area contributed by atoms with Crippen molar-refractivity contribution in [1.82, 2.24) is 0 Å². The van der Waals surface area contributed by atoms with Crippen LogP contribution in [0.15, 0.2) is 52.7 Å². The molecule has 0 fully saturated rings. The van der Waals surface area contributed by atoms with Gasteiger partial charge in [-0.3, -0.25) is 11.3 Å². The number of thiazole rings is 1. The minimum Gasteiger partial charge on any atom is -0.421 e. The summed E-state index contributed by atoms with van der Waals surface area (Å²) in [5, 5.41) is 1.89. The van der Waals surface area contributed by atoms with Gasteiger partial charge in [0.15, 0.2) is 5.01 Å². The average molecular weight is 360 g/mol. The van der Waals surface area contributed by atoms with E-state index in [1.165, 1.54) is 11.1 Å². The van der Waals surface area contributed by atoms with Gasteiger partial charge in [0.05, 0.1) is 0 Å². The van der Waals surface area contributed by atoms with Crippen LogP contribution < -0.4 is 4.57 Å². The standard InChI is InChI=1S/C19H18ClNS2/c1-12(2)13-4-6-14(7-5-13)17-19(22)23-18(21(17)3)15-8-10-16(20)11-9-15/h4-12H,1-3H3. The van der Waals surface area contributed by atoms with Gasteiger partial charge >= 0.3 is 0 Å². The zero-order valence-corrected chi connectivity index (χ0v) is 15.7. The third-order valence-electron chi connectivity index (χ3n) is 3.96. The second-order valence-corrected chi connectivity index (χ2v) is 7.99. The van der Waals surface area contributed by atoms with Crippen molar-refractivity contribution in [2.75, 3.05) is 0 Å². The maximum Gasteiger partial charge on any atom is 0.200 e. The van der Waals surface area contributed by atoms with E-state index >= 15 is 0 Å². The van der Waals surface area contributed by atoms with E-state index in [4.69, 9.17) is 24.2 Å². The van der Waals surface area contributed by atoms with Crippen LogP contribution in [-0.2, 0) is 19.7 Å². The van der Waals surface area contributed by atoms with Crippen molar-refractivity contribution in [2.24, 2.45) is 7.05 Å². The molecule has 0 amide bonds. The van der Waals surface area contributed by atoms with Gasteiger partial charge in [-0.15, -0.1) is 0 Å². The van der Waals surface area contributed by atoms with Gasteiger partial charge in [0.1, 0.15) is 7.05 Å². The summed E-state index contributed by atoms with van der Waals surface area (Å²) in [6.07, 6.45) is 0. The molecule has 0 atom stereocenters. The van der Waals surface area contributed by atoms with Gasteiger partial charge < -0.3 is 12.6 Å². The Labute approximate surface area is 152 Å². The highest BCUT2D eigenvalue weighted by atomic mass is 35.5. The first-order chi connectivity index (χ1) is 11.0.